The van der Waals surface area contributed by atoms with E-state index in [4.69, 9.17) is 0 Å². The van der Waals surface area contributed by atoms with Gasteiger partial charge < -0.3 is 4.57 Å². The molecule has 0 fully saturated rings. The molecule has 0 amide bonds. The first-order chi connectivity index (χ1) is 9.19. The highest BCUT2D eigenvalue weighted by Crippen LogP contribution is 2.23. The number of hydrogen-bond acceptors (Lipinski definition) is 1. The third kappa shape index (κ3) is 2.21. The maximum atomic E-state index is 2.54. The molecule has 2 nitrogen and oxygen atoms in total. The van der Waals surface area contributed by atoms with Crippen molar-refractivity contribution in [2.45, 2.75) is 32.9 Å². The van der Waals surface area contributed by atoms with Crippen LogP contribution in [-0.2, 0) is 13.6 Å². The Hall–Kier alpha value is -1.54. The molecule has 19 heavy (non-hydrogen) atoms. The fourth-order valence-electron chi connectivity index (χ4n) is 3.07. The van der Waals surface area contributed by atoms with E-state index in [1.54, 1.807) is 0 Å². The monoisotopic (exact) mass is 254 g/mol. The second-order valence-corrected chi connectivity index (χ2v) is 5.59. The Balaban J connectivity index is 1.91. The van der Waals surface area contributed by atoms with Gasteiger partial charge in [-0.05, 0) is 31.5 Å². The quantitative estimate of drug-likeness (QED) is 0.759. The van der Waals surface area contributed by atoms with E-state index in [0.29, 0.717) is 6.04 Å². The van der Waals surface area contributed by atoms with Crippen molar-refractivity contribution in [3.05, 3.63) is 47.7 Å². The first kappa shape index (κ1) is 12.5. The normalized spacial score (nSPS) is 19.6. The van der Waals surface area contributed by atoms with E-state index in [0.717, 1.165) is 13.1 Å². The van der Waals surface area contributed by atoms with Gasteiger partial charge in [-0.2, -0.15) is 0 Å². The molecule has 1 unspecified atom stereocenters. The molecule has 1 aromatic carbocycles. The zero-order chi connectivity index (χ0) is 13.4. The van der Waals surface area contributed by atoms with Crippen LogP contribution in [0, 0.1) is 6.92 Å². The maximum absolute atomic E-state index is 2.54. The Labute approximate surface area is 115 Å². The zero-order valence-electron chi connectivity index (χ0n) is 12.1. The molecule has 0 N–H and O–H groups in total. The van der Waals surface area contributed by atoms with Gasteiger partial charge in [0.1, 0.15) is 0 Å². The molecule has 0 bridgehead atoms. The third-order valence-corrected chi connectivity index (χ3v) is 4.25. The van der Waals surface area contributed by atoms with E-state index in [1.165, 1.54) is 28.6 Å². The van der Waals surface area contributed by atoms with E-state index in [-0.39, 0.29) is 0 Å². The standard InChI is InChI=1S/C17H22N2/c1-4-15-6-5-9-19(15)12-16-11-14-10-13(2)7-8-17(14)18(16)3/h5-8,10-11,15H,4,9,12H2,1-3H3. The second-order valence-electron chi connectivity index (χ2n) is 5.59. The lowest BCUT2D eigenvalue weighted by molar-refractivity contribution is 0.253. The van der Waals surface area contributed by atoms with E-state index in [1.807, 2.05) is 0 Å². The van der Waals surface area contributed by atoms with Crippen molar-refractivity contribution in [3.8, 4) is 0 Å². The summed E-state index contributed by atoms with van der Waals surface area (Å²) >= 11 is 0. The van der Waals surface area contributed by atoms with Gasteiger partial charge in [0, 0.05) is 42.8 Å². The second kappa shape index (κ2) is 4.86. The van der Waals surface area contributed by atoms with Gasteiger partial charge >= 0.3 is 0 Å². The van der Waals surface area contributed by atoms with Gasteiger partial charge in [-0.25, -0.2) is 0 Å². The average molecular weight is 254 g/mol. The van der Waals surface area contributed by atoms with Crippen LogP contribution in [0.5, 0.6) is 0 Å². The van der Waals surface area contributed by atoms with Crippen LogP contribution in [0.15, 0.2) is 36.4 Å². The number of aryl methyl sites for hydroxylation is 2. The van der Waals surface area contributed by atoms with Crippen molar-refractivity contribution < 1.29 is 0 Å². The summed E-state index contributed by atoms with van der Waals surface area (Å²) < 4.78 is 2.33. The largest absolute Gasteiger partial charge is 0.346 e. The highest BCUT2D eigenvalue weighted by molar-refractivity contribution is 5.82. The smallest absolute Gasteiger partial charge is 0.0480 e. The molecule has 0 spiro atoms. The summed E-state index contributed by atoms with van der Waals surface area (Å²) in [7, 11) is 2.18. The highest BCUT2D eigenvalue weighted by Gasteiger charge is 2.19. The Morgan fingerprint density at radius 3 is 2.89 bits per heavy atom. The van der Waals surface area contributed by atoms with Gasteiger partial charge in [0.25, 0.3) is 0 Å². The topological polar surface area (TPSA) is 8.17 Å². The van der Waals surface area contributed by atoms with Crippen molar-refractivity contribution in [2.75, 3.05) is 6.54 Å². The molecule has 2 heteroatoms. The zero-order valence-corrected chi connectivity index (χ0v) is 12.1. The predicted octanol–water partition coefficient (Wildman–Crippen LogP) is 3.64. The summed E-state index contributed by atoms with van der Waals surface area (Å²) in [4.78, 5) is 2.54. The van der Waals surface area contributed by atoms with Gasteiger partial charge in [-0.3, -0.25) is 4.90 Å². The van der Waals surface area contributed by atoms with Crippen LogP contribution in [0.3, 0.4) is 0 Å². The molecule has 1 aliphatic rings. The van der Waals surface area contributed by atoms with Crippen LogP contribution < -0.4 is 0 Å². The Morgan fingerprint density at radius 2 is 2.11 bits per heavy atom. The lowest BCUT2D eigenvalue weighted by atomic mass is 10.2. The molecular weight excluding hydrogens is 232 g/mol. The SMILES string of the molecule is CCC1C=CCN1Cc1cc2cc(C)ccc2n1C. The van der Waals surface area contributed by atoms with Crippen LogP contribution in [-0.4, -0.2) is 22.1 Å². The number of rotatable bonds is 3. The predicted molar refractivity (Wildman–Crippen MR) is 81.3 cm³/mol. The number of fused-ring (bicyclic) bond motifs is 1. The van der Waals surface area contributed by atoms with Gasteiger partial charge in [0.05, 0.1) is 0 Å². The first-order valence-corrected chi connectivity index (χ1v) is 7.14. The van der Waals surface area contributed by atoms with Crippen LogP contribution in [0.2, 0.25) is 0 Å². The van der Waals surface area contributed by atoms with Crippen molar-refractivity contribution >= 4 is 10.9 Å². The fourth-order valence-corrected chi connectivity index (χ4v) is 3.07. The Bertz CT molecular complexity index is 621. The average Bonchev–Trinajstić information content (AvgIpc) is 2.95. The van der Waals surface area contributed by atoms with Crippen LogP contribution in [0.4, 0.5) is 0 Å². The lowest BCUT2D eigenvalue weighted by Gasteiger charge is -2.23. The Morgan fingerprint density at radius 1 is 1.26 bits per heavy atom. The summed E-state index contributed by atoms with van der Waals surface area (Å²) in [5, 5.41) is 1.36. The maximum Gasteiger partial charge on any atom is 0.0480 e. The minimum Gasteiger partial charge on any atom is -0.346 e. The van der Waals surface area contributed by atoms with Gasteiger partial charge in [0.2, 0.25) is 0 Å². The van der Waals surface area contributed by atoms with Gasteiger partial charge in [-0.1, -0.05) is 30.7 Å². The van der Waals surface area contributed by atoms with Crippen LogP contribution in [0.1, 0.15) is 24.6 Å². The number of aromatic nitrogens is 1. The number of nitrogens with zero attached hydrogens (tertiary/aromatic N) is 2. The van der Waals surface area contributed by atoms with Crippen molar-refractivity contribution in [1.82, 2.24) is 9.47 Å². The molecule has 1 aliphatic heterocycles. The molecule has 0 radical (unpaired) electrons. The van der Waals surface area contributed by atoms with Gasteiger partial charge in [0.15, 0.2) is 0 Å². The minimum atomic E-state index is 0.611. The van der Waals surface area contributed by atoms with Crippen LogP contribution in [0.25, 0.3) is 10.9 Å². The summed E-state index contributed by atoms with van der Waals surface area (Å²) in [5.74, 6) is 0. The summed E-state index contributed by atoms with van der Waals surface area (Å²) in [6.45, 7) is 6.54. The van der Waals surface area contributed by atoms with Gasteiger partial charge in [-0.15, -0.1) is 0 Å². The minimum absolute atomic E-state index is 0.611. The molecule has 1 aromatic heterocycles. The van der Waals surface area contributed by atoms with Crippen LogP contribution >= 0.6 is 0 Å². The fraction of sp³-hybridized carbons (Fsp3) is 0.412. The van der Waals surface area contributed by atoms with E-state index >= 15 is 0 Å². The number of benzene rings is 1. The molecule has 100 valence electrons. The molecular formula is C17H22N2. The summed E-state index contributed by atoms with van der Waals surface area (Å²) in [5.41, 5.74) is 4.07. The van der Waals surface area contributed by atoms with E-state index in [2.05, 4.69) is 66.8 Å². The van der Waals surface area contributed by atoms with Crippen molar-refractivity contribution in [3.63, 3.8) is 0 Å². The third-order valence-electron chi connectivity index (χ3n) is 4.25. The molecule has 3 rings (SSSR count). The van der Waals surface area contributed by atoms with Crippen molar-refractivity contribution in [2.24, 2.45) is 7.05 Å². The molecule has 0 saturated heterocycles. The summed E-state index contributed by atoms with van der Waals surface area (Å²) in [6.07, 6.45) is 5.83. The Kier molecular flexibility index (Phi) is 3.19. The van der Waals surface area contributed by atoms with Crippen molar-refractivity contribution in [1.29, 1.82) is 0 Å². The molecule has 0 aliphatic carbocycles. The van der Waals surface area contributed by atoms with E-state index in [9.17, 15) is 0 Å². The number of hydrogen-bond donors (Lipinski definition) is 0. The lowest BCUT2D eigenvalue weighted by Crippen LogP contribution is -2.29. The summed E-state index contributed by atoms with van der Waals surface area (Å²) in [6, 6.07) is 9.65. The first-order valence-electron chi connectivity index (χ1n) is 7.14. The molecule has 1 atom stereocenters. The molecule has 0 saturated carbocycles. The highest BCUT2D eigenvalue weighted by atomic mass is 15.2. The molecule has 2 heterocycles. The molecule has 2 aromatic rings. The van der Waals surface area contributed by atoms with E-state index < -0.39 is 0 Å².